The summed E-state index contributed by atoms with van der Waals surface area (Å²) >= 11 is 0. The first-order valence-corrected chi connectivity index (χ1v) is 6.86. The van der Waals surface area contributed by atoms with E-state index in [1.54, 1.807) is 16.5 Å². The van der Waals surface area contributed by atoms with E-state index in [0.29, 0.717) is 24.5 Å². The van der Waals surface area contributed by atoms with Crippen molar-refractivity contribution in [3.8, 4) is 5.75 Å². The number of aliphatic carboxylic acids is 1. The van der Waals surface area contributed by atoms with Gasteiger partial charge < -0.3 is 19.9 Å². The largest absolute Gasteiger partial charge is 0.503 e. The third-order valence-corrected chi connectivity index (χ3v) is 3.21. The Morgan fingerprint density at radius 2 is 2.10 bits per heavy atom. The quantitative estimate of drug-likeness (QED) is 0.640. The van der Waals surface area contributed by atoms with E-state index in [9.17, 15) is 19.8 Å². The fourth-order valence-electron chi connectivity index (χ4n) is 2.16. The van der Waals surface area contributed by atoms with Crippen LogP contribution in [0.4, 0.5) is 0 Å². The van der Waals surface area contributed by atoms with Crippen LogP contribution >= 0.6 is 0 Å². The number of hydrogen-bond donors (Lipinski definition) is 3. The Hall–Kier alpha value is -1.86. The van der Waals surface area contributed by atoms with Gasteiger partial charge in [-0.2, -0.15) is 0 Å². The van der Waals surface area contributed by atoms with E-state index in [1.165, 1.54) is 6.07 Å². The van der Waals surface area contributed by atoms with Crippen molar-refractivity contribution in [1.29, 1.82) is 0 Å². The van der Waals surface area contributed by atoms with Crippen LogP contribution in [0.15, 0.2) is 10.9 Å². The Morgan fingerprint density at radius 1 is 1.43 bits per heavy atom. The molecule has 0 unspecified atom stereocenters. The van der Waals surface area contributed by atoms with Gasteiger partial charge in [0.15, 0.2) is 5.75 Å². The lowest BCUT2D eigenvalue weighted by Crippen LogP contribution is -2.26. The minimum atomic E-state index is -0.902. The Bertz CT molecular complexity index is 553. The second-order valence-corrected chi connectivity index (χ2v) is 4.99. The van der Waals surface area contributed by atoms with E-state index < -0.39 is 11.4 Å². The lowest BCUT2D eigenvalue weighted by atomic mass is 10.2. The van der Waals surface area contributed by atoms with Crippen LogP contribution in [-0.4, -0.2) is 44.3 Å². The van der Waals surface area contributed by atoms with Crippen LogP contribution in [0.3, 0.4) is 0 Å². The lowest BCUT2D eigenvalue weighted by Gasteiger charge is -2.22. The molecule has 0 aromatic carbocycles. The van der Waals surface area contributed by atoms with Crippen molar-refractivity contribution in [3.05, 3.63) is 27.7 Å². The third-order valence-electron chi connectivity index (χ3n) is 3.21. The number of aromatic nitrogens is 1. The van der Waals surface area contributed by atoms with E-state index >= 15 is 0 Å². The van der Waals surface area contributed by atoms with Gasteiger partial charge in [0, 0.05) is 31.4 Å². The molecule has 0 atom stereocenters. The highest BCUT2D eigenvalue weighted by molar-refractivity contribution is 5.66. The van der Waals surface area contributed by atoms with Crippen molar-refractivity contribution in [2.45, 2.75) is 39.5 Å². The number of aliphatic hydroxyl groups is 1. The molecule has 0 aliphatic carbocycles. The minimum Gasteiger partial charge on any atom is -0.503 e. The Kier molecular flexibility index (Phi) is 6.39. The molecule has 0 amide bonds. The maximum absolute atomic E-state index is 11.7. The number of nitrogens with zero attached hydrogens (tertiary/aromatic N) is 2. The summed E-state index contributed by atoms with van der Waals surface area (Å²) < 4.78 is 1.72. The summed E-state index contributed by atoms with van der Waals surface area (Å²) in [5.74, 6) is -1.25. The maximum Gasteiger partial charge on any atom is 0.304 e. The molecule has 1 rings (SSSR count). The summed E-state index contributed by atoms with van der Waals surface area (Å²) in [7, 11) is 1.72. The fraction of sp³-hybridized carbons (Fsp3) is 0.571. The van der Waals surface area contributed by atoms with Crippen molar-refractivity contribution < 1.29 is 20.1 Å². The summed E-state index contributed by atoms with van der Waals surface area (Å²) in [6, 6.07) is 1.23. The van der Waals surface area contributed by atoms with E-state index in [1.807, 2.05) is 6.92 Å². The first-order chi connectivity index (χ1) is 9.90. The average Bonchev–Trinajstić information content (AvgIpc) is 2.44. The van der Waals surface area contributed by atoms with Crippen molar-refractivity contribution in [1.82, 2.24) is 9.47 Å². The molecule has 0 fully saturated rings. The van der Waals surface area contributed by atoms with Gasteiger partial charge in [-0.05, 0) is 13.5 Å². The number of aromatic hydroxyl groups is 1. The van der Waals surface area contributed by atoms with Crippen LogP contribution in [0.2, 0.25) is 0 Å². The number of aliphatic hydroxyl groups excluding tert-OH is 1. The zero-order chi connectivity index (χ0) is 16.0. The second-order valence-electron chi connectivity index (χ2n) is 4.99. The predicted molar refractivity (Wildman–Crippen MR) is 77.2 cm³/mol. The Labute approximate surface area is 123 Å². The van der Waals surface area contributed by atoms with Crippen LogP contribution in [0.25, 0.3) is 0 Å². The van der Waals surface area contributed by atoms with Gasteiger partial charge in [-0.3, -0.25) is 14.5 Å². The molecule has 0 saturated carbocycles. The van der Waals surface area contributed by atoms with Crippen LogP contribution in [0.5, 0.6) is 5.75 Å². The summed E-state index contributed by atoms with van der Waals surface area (Å²) in [4.78, 5) is 24.0. The van der Waals surface area contributed by atoms with E-state index in [0.717, 1.165) is 6.42 Å². The summed E-state index contributed by atoms with van der Waals surface area (Å²) in [5, 5.41) is 28.0. The molecule has 7 heteroatoms. The molecular weight excluding hydrogens is 276 g/mol. The highest BCUT2D eigenvalue weighted by atomic mass is 16.4. The van der Waals surface area contributed by atoms with Gasteiger partial charge >= 0.3 is 5.97 Å². The van der Waals surface area contributed by atoms with Crippen LogP contribution < -0.4 is 5.43 Å². The number of rotatable bonds is 8. The second kappa shape index (κ2) is 7.80. The molecule has 1 aromatic heterocycles. The molecule has 118 valence electrons. The minimum absolute atomic E-state index is 0.0189. The summed E-state index contributed by atoms with van der Waals surface area (Å²) in [6.07, 6.45) is 0.760. The van der Waals surface area contributed by atoms with Gasteiger partial charge in [0.25, 0.3) is 0 Å². The molecule has 0 aliphatic heterocycles. The molecule has 7 nitrogen and oxygen atoms in total. The fourth-order valence-corrected chi connectivity index (χ4v) is 2.16. The van der Waals surface area contributed by atoms with Crippen LogP contribution in [-0.2, 0) is 24.5 Å². The van der Waals surface area contributed by atoms with Crippen LogP contribution in [0, 0.1) is 0 Å². The number of carbonyl (C=O) groups is 1. The summed E-state index contributed by atoms with van der Waals surface area (Å²) in [6.45, 7) is 2.77. The molecule has 0 spiro atoms. The first kappa shape index (κ1) is 17.2. The van der Waals surface area contributed by atoms with E-state index in [4.69, 9.17) is 5.11 Å². The third kappa shape index (κ3) is 4.57. The average molecular weight is 298 g/mol. The molecule has 0 saturated heterocycles. The van der Waals surface area contributed by atoms with Crippen molar-refractivity contribution in [3.63, 3.8) is 0 Å². The molecular formula is C14H22N2O5. The van der Waals surface area contributed by atoms with Crippen molar-refractivity contribution >= 4 is 5.97 Å². The zero-order valence-corrected chi connectivity index (χ0v) is 12.4. The van der Waals surface area contributed by atoms with Crippen molar-refractivity contribution in [2.75, 3.05) is 13.6 Å². The number of pyridine rings is 1. The Morgan fingerprint density at radius 3 is 2.62 bits per heavy atom. The zero-order valence-electron chi connectivity index (χ0n) is 12.4. The van der Waals surface area contributed by atoms with Gasteiger partial charge in [-0.15, -0.1) is 0 Å². The topological polar surface area (TPSA) is 103 Å². The van der Waals surface area contributed by atoms with Gasteiger partial charge in [0.2, 0.25) is 5.43 Å². The number of hydrogen-bond acceptors (Lipinski definition) is 5. The van der Waals surface area contributed by atoms with Gasteiger partial charge in [0.05, 0.1) is 18.7 Å². The molecule has 21 heavy (non-hydrogen) atoms. The predicted octanol–water partition coefficient (Wildman–Crippen LogP) is 0.363. The molecule has 1 heterocycles. The lowest BCUT2D eigenvalue weighted by molar-refractivity contribution is -0.137. The number of carboxylic acid groups (broad SMARTS) is 1. The van der Waals surface area contributed by atoms with E-state index in [-0.39, 0.29) is 25.3 Å². The molecule has 0 radical (unpaired) electrons. The maximum atomic E-state index is 11.7. The van der Waals surface area contributed by atoms with Gasteiger partial charge in [0.1, 0.15) is 0 Å². The van der Waals surface area contributed by atoms with Crippen LogP contribution in [0.1, 0.15) is 31.2 Å². The normalized spacial score (nSPS) is 11.0. The molecule has 1 aromatic rings. The monoisotopic (exact) mass is 298 g/mol. The summed E-state index contributed by atoms with van der Waals surface area (Å²) in [5.41, 5.74) is 0.315. The van der Waals surface area contributed by atoms with Crippen molar-refractivity contribution in [2.24, 2.45) is 0 Å². The van der Waals surface area contributed by atoms with Gasteiger partial charge in [-0.25, -0.2) is 0 Å². The Balaban J connectivity index is 3.10. The number of carboxylic acids is 1. The molecule has 3 N–H and O–H groups in total. The SMILES string of the molecule is CCCn1c(CO)cc(=O)c(O)c1CN(C)CCC(=O)O. The molecule has 0 bridgehead atoms. The van der Waals surface area contributed by atoms with Gasteiger partial charge in [-0.1, -0.05) is 6.92 Å². The molecule has 0 aliphatic rings. The van der Waals surface area contributed by atoms with E-state index in [2.05, 4.69) is 0 Å². The first-order valence-electron chi connectivity index (χ1n) is 6.86. The standard InChI is InChI=1S/C14H22N2O5/c1-3-5-16-10(9-17)7-12(18)14(21)11(16)8-15(2)6-4-13(19)20/h7,17,21H,3-6,8-9H2,1-2H3,(H,19,20). The smallest absolute Gasteiger partial charge is 0.304 e. The highest BCUT2D eigenvalue weighted by Gasteiger charge is 2.16. The highest BCUT2D eigenvalue weighted by Crippen LogP contribution is 2.17.